The first-order valence-corrected chi connectivity index (χ1v) is 26.4. The zero-order valence-electron chi connectivity index (χ0n) is 41.7. The molecule has 0 bridgehead atoms. The van der Waals surface area contributed by atoms with E-state index in [2.05, 4.69) is 116 Å². The first-order valence-electron chi connectivity index (χ1n) is 26.4. The fourth-order valence-corrected chi connectivity index (χ4v) is 7.76. The average Bonchev–Trinajstić information content (AvgIpc) is 3.32. The molecule has 66 heavy (non-hydrogen) atoms. The second-order valence-corrected chi connectivity index (χ2v) is 17.9. The molecule has 1 rings (SSSR count). The van der Waals surface area contributed by atoms with Crippen LogP contribution in [0, 0.1) is 0 Å². The van der Waals surface area contributed by atoms with Crippen LogP contribution in [0.5, 0.6) is 0 Å². The highest BCUT2D eigenvalue weighted by Gasteiger charge is 2.44. The van der Waals surface area contributed by atoms with Gasteiger partial charge in [-0.25, -0.2) is 0 Å². The first kappa shape index (κ1) is 61.1. The van der Waals surface area contributed by atoms with Crippen LogP contribution in [-0.2, 0) is 14.3 Å². The number of aliphatic hydroxyl groups excluding tert-OH is 5. The molecule has 0 aromatic rings. The Bertz CT molecular complexity index is 1350. The van der Waals surface area contributed by atoms with Crippen LogP contribution in [-0.4, -0.2) is 87.5 Å². The largest absolute Gasteiger partial charge is 0.394 e. The lowest BCUT2D eigenvalue weighted by Gasteiger charge is -2.40. The Hall–Kier alpha value is -2.89. The normalized spacial score (nSPS) is 20.6. The van der Waals surface area contributed by atoms with Gasteiger partial charge in [0.05, 0.1) is 25.4 Å². The van der Waals surface area contributed by atoms with Gasteiger partial charge >= 0.3 is 0 Å². The molecule has 1 fully saturated rings. The smallest absolute Gasteiger partial charge is 0.220 e. The van der Waals surface area contributed by atoms with Gasteiger partial charge < -0.3 is 40.3 Å². The van der Waals surface area contributed by atoms with E-state index in [9.17, 15) is 30.3 Å². The number of allylic oxidation sites excluding steroid dienone is 16. The second kappa shape index (κ2) is 45.9. The van der Waals surface area contributed by atoms with E-state index < -0.39 is 49.5 Å². The third kappa shape index (κ3) is 35.3. The summed E-state index contributed by atoms with van der Waals surface area (Å²) >= 11 is 0. The molecular formula is C57H97NO8. The summed E-state index contributed by atoms with van der Waals surface area (Å²) in [6.45, 7) is 3.68. The number of nitrogens with one attached hydrogen (secondary N) is 1. The van der Waals surface area contributed by atoms with Crippen molar-refractivity contribution in [3.05, 3.63) is 97.2 Å². The van der Waals surface area contributed by atoms with Crippen molar-refractivity contribution in [2.45, 2.75) is 243 Å². The van der Waals surface area contributed by atoms with Crippen molar-refractivity contribution in [1.29, 1.82) is 0 Å². The lowest BCUT2D eigenvalue weighted by atomic mass is 9.99. The Labute approximate surface area is 403 Å². The van der Waals surface area contributed by atoms with Gasteiger partial charge in [0.15, 0.2) is 6.29 Å². The van der Waals surface area contributed by atoms with Crippen molar-refractivity contribution in [2.24, 2.45) is 0 Å². The molecule has 0 aromatic heterocycles. The monoisotopic (exact) mass is 924 g/mol. The van der Waals surface area contributed by atoms with Gasteiger partial charge in [-0.05, 0) is 77.0 Å². The fourth-order valence-electron chi connectivity index (χ4n) is 7.76. The number of carbonyl (C=O) groups excluding carboxylic acids is 1. The minimum absolute atomic E-state index is 0.147. The number of rotatable bonds is 43. The molecule has 7 atom stereocenters. The zero-order chi connectivity index (χ0) is 48.0. The van der Waals surface area contributed by atoms with E-state index in [4.69, 9.17) is 9.47 Å². The zero-order valence-corrected chi connectivity index (χ0v) is 41.7. The SMILES string of the molecule is CC/C=C\C/C=C\C/C=C\C/C=C\C/C=C\C/C=C\C/C=C\C/C=C\CCCCCCCCCCC(=O)NC(COC1OC(CO)C(O)C(O)C1O)C(O)CCCCCCCCCCCC. The topological polar surface area (TPSA) is 149 Å². The van der Waals surface area contributed by atoms with Gasteiger partial charge in [0.25, 0.3) is 0 Å². The van der Waals surface area contributed by atoms with Crippen LogP contribution in [0.4, 0.5) is 0 Å². The van der Waals surface area contributed by atoms with Crippen LogP contribution in [0.15, 0.2) is 97.2 Å². The summed E-state index contributed by atoms with van der Waals surface area (Å²) in [5.74, 6) is -0.159. The molecule has 0 saturated carbocycles. The molecular weight excluding hydrogens is 827 g/mol. The van der Waals surface area contributed by atoms with Gasteiger partial charge in [-0.2, -0.15) is 0 Å². The number of unbranched alkanes of at least 4 members (excludes halogenated alkanes) is 17. The van der Waals surface area contributed by atoms with Crippen molar-refractivity contribution in [3.8, 4) is 0 Å². The predicted octanol–water partition coefficient (Wildman–Crippen LogP) is 12.5. The number of hydrogen-bond donors (Lipinski definition) is 6. The van der Waals surface area contributed by atoms with Gasteiger partial charge in [0.2, 0.25) is 5.91 Å². The third-order valence-corrected chi connectivity index (χ3v) is 12.0. The van der Waals surface area contributed by atoms with Gasteiger partial charge in [0, 0.05) is 6.42 Å². The highest BCUT2D eigenvalue weighted by Crippen LogP contribution is 2.23. The Balaban J connectivity index is 2.17. The predicted molar refractivity (Wildman–Crippen MR) is 276 cm³/mol. The van der Waals surface area contributed by atoms with Crippen molar-refractivity contribution in [1.82, 2.24) is 5.32 Å². The van der Waals surface area contributed by atoms with E-state index in [-0.39, 0.29) is 12.5 Å². The maximum atomic E-state index is 13.0. The number of hydrogen-bond acceptors (Lipinski definition) is 8. The summed E-state index contributed by atoms with van der Waals surface area (Å²) in [5, 5.41) is 54.3. The Kier molecular flexibility index (Phi) is 42.5. The van der Waals surface area contributed by atoms with E-state index in [0.29, 0.717) is 12.8 Å². The molecule has 1 saturated heterocycles. The van der Waals surface area contributed by atoms with Crippen molar-refractivity contribution in [3.63, 3.8) is 0 Å². The second-order valence-electron chi connectivity index (χ2n) is 17.9. The minimum atomic E-state index is -1.56. The number of ether oxygens (including phenoxy) is 2. The summed E-state index contributed by atoms with van der Waals surface area (Å²) in [5.41, 5.74) is 0. The van der Waals surface area contributed by atoms with Crippen LogP contribution >= 0.6 is 0 Å². The molecule has 1 amide bonds. The maximum Gasteiger partial charge on any atom is 0.220 e. The maximum absolute atomic E-state index is 13.0. The Morgan fingerprint density at radius 3 is 1.39 bits per heavy atom. The number of amides is 1. The summed E-state index contributed by atoms with van der Waals surface area (Å²) in [6.07, 6.45) is 58.6. The summed E-state index contributed by atoms with van der Waals surface area (Å²) in [4.78, 5) is 13.0. The number of carbonyl (C=O) groups is 1. The summed E-state index contributed by atoms with van der Waals surface area (Å²) in [6, 6.07) is -0.728. The number of aliphatic hydroxyl groups is 5. The van der Waals surface area contributed by atoms with Crippen LogP contribution in [0.2, 0.25) is 0 Å². The third-order valence-electron chi connectivity index (χ3n) is 12.0. The van der Waals surface area contributed by atoms with Gasteiger partial charge in [-0.15, -0.1) is 0 Å². The highest BCUT2D eigenvalue weighted by atomic mass is 16.7. The molecule has 378 valence electrons. The van der Waals surface area contributed by atoms with Crippen LogP contribution in [0.1, 0.15) is 200 Å². The molecule has 1 heterocycles. The standard InChI is InChI=1S/C57H97NO8/c1-3-5-7-9-11-13-15-16-17-18-19-20-21-22-23-24-25-26-27-28-29-30-31-32-33-34-35-36-37-39-41-43-45-47-53(61)58-50(49-65-57-56(64)55(63)54(62)52(48-59)66-57)51(60)46-44-42-40-38-14-12-10-8-6-4-2/h5,7,11,13,16-17,19-20,22-23,25-26,28-29,31-32,50-52,54-57,59-60,62-64H,3-4,6,8-10,12,14-15,18,21,24,27,30,33-49H2,1-2H3,(H,58,61)/b7-5-,13-11-,17-16-,20-19-,23-22-,26-25-,29-28-,32-31-. The summed E-state index contributed by atoms with van der Waals surface area (Å²) < 4.78 is 11.2. The van der Waals surface area contributed by atoms with Crippen molar-refractivity contribution < 1.29 is 39.8 Å². The Morgan fingerprint density at radius 2 is 0.939 bits per heavy atom. The van der Waals surface area contributed by atoms with Crippen molar-refractivity contribution in [2.75, 3.05) is 13.2 Å². The van der Waals surface area contributed by atoms with Gasteiger partial charge in [-0.1, -0.05) is 214 Å². The molecule has 9 nitrogen and oxygen atoms in total. The highest BCUT2D eigenvalue weighted by molar-refractivity contribution is 5.76. The molecule has 7 unspecified atom stereocenters. The van der Waals surface area contributed by atoms with E-state index >= 15 is 0 Å². The van der Waals surface area contributed by atoms with Crippen LogP contribution in [0.3, 0.4) is 0 Å². The van der Waals surface area contributed by atoms with Gasteiger partial charge in [-0.3, -0.25) is 4.79 Å². The summed E-state index contributed by atoms with van der Waals surface area (Å²) in [7, 11) is 0. The Morgan fingerprint density at radius 1 is 0.530 bits per heavy atom. The lowest BCUT2D eigenvalue weighted by Crippen LogP contribution is -2.60. The van der Waals surface area contributed by atoms with E-state index in [1.165, 1.54) is 70.6 Å². The lowest BCUT2D eigenvalue weighted by molar-refractivity contribution is -0.302. The van der Waals surface area contributed by atoms with Crippen molar-refractivity contribution >= 4 is 5.91 Å². The molecule has 0 radical (unpaired) electrons. The molecule has 1 aliphatic rings. The molecule has 0 aliphatic carbocycles. The average molecular weight is 924 g/mol. The molecule has 1 aliphatic heterocycles. The fraction of sp³-hybridized carbons (Fsp3) is 0.702. The molecule has 6 N–H and O–H groups in total. The minimum Gasteiger partial charge on any atom is -0.394 e. The van der Waals surface area contributed by atoms with Crippen LogP contribution in [0.25, 0.3) is 0 Å². The van der Waals surface area contributed by atoms with E-state index in [0.717, 1.165) is 103 Å². The van der Waals surface area contributed by atoms with E-state index in [1.54, 1.807) is 0 Å². The molecule has 0 aromatic carbocycles. The molecule has 0 spiro atoms. The van der Waals surface area contributed by atoms with Crippen LogP contribution < -0.4 is 5.32 Å². The van der Waals surface area contributed by atoms with Gasteiger partial charge in [0.1, 0.15) is 24.4 Å². The molecule has 9 heteroatoms. The quantitative estimate of drug-likeness (QED) is 0.0262. The first-order chi connectivity index (χ1) is 32.3. The van der Waals surface area contributed by atoms with E-state index in [1.807, 2.05) is 0 Å².